The van der Waals surface area contributed by atoms with E-state index in [-0.39, 0.29) is 0 Å². The van der Waals surface area contributed by atoms with Gasteiger partial charge in [0.2, 0.25) is 0 Å². The van der Waals surface area contributed by atoms with Crippen LogP contribution in [0.5, 0.6) is 0 Å². The van der Waals surface area contributed by atoms with Crippen LogP contribution in [0.1, 0.15) is 22.8 Å². The zero-order valence-electron chi connectivity index (χ0n) is 14.2. The molecule has 0 bridgehead atoms. The van der Waals surface area contributed by atoms with Crippen molar-refractivity contribution in [2.75, 3.05) is 11.4 Å². The lowest BCUT2D eigenvalue weighted by Crippen LogP contribution is -2.21. The average Bonchev–Trinajstić information content (AvgIpc) is 2.96. The molecule has 0 fully saturated rings. The Morgan fingerprint density at radius 2 is 1.88 bits per heavy atom. The Morgan fingerprint density at radius 1 is 1.08 bits per heavy atom. The van der Waals surface area contributed by atoms with Crippen LogP contribution in [-0.2, 0) is 11.3 Å². The van der Waals surface area contributed by atoms with Gasteiger partial charge in [-0.15, -0.1) is 0 Å². The maximum absolute atomic E-state index is 10.9. The van der Waals surface area contributed by atoms with E-state index in [4.69, 9.17) is 5.11 Å². The number of aliphatic hydroxyl groups excluding tert-OH is 1. The molecule has 0 aromatic heterocycles. The predicted octanol–water partition coefficient (Wildman–Crippen LogP) is 3.99. The van der Waals surface area contributed by atoms with Crippen LogP contribution in [0.4, 0.5) is 5.69 Å². The van der Waals surface area contributed by atoms with Crippen LogP contribution in [0.25, 0.3) is 16.8 Å². The molecular formula is C22H19NO3. The van der Waals surface area contributed by atoms with Gasteiger partial charge in [-0.05, 0) is 34.0 Å². The summed E-state index contributed by atoms with van der Waals surface area (Å²) in [5.41, 5.74) is 3.71. The van der Waals surface area contributed by atoms with Gasteiger partial charge in [-0.1, -0.05) is 54.6 Å². The van der Waals surface area contributed by atoms with Crippen molar-refractivity contribution in [1.82, 2.24) is 0 Å². The third-order valence-corrected chi connectivity index (χ3v) is 4.76. The van der Waals surface area contributed by atoms with E-state index in [0.717, 1.165) is 28.5 Å². The minimum Gasteiger partial charge on any atom is -0.478 e. The standard InChI is InChI=1S/C22H19NO3/c24-20-14-23(13-15-8-9-16-4-1-2-5-18(16)12-15)22-17(10-11-21(25)26)6-3-7-19(20)22/h1-12,20,24H,13-14H2,(H,25,26). The highest BCUT2D eigenvalue weighted by molar-refractivity contribution is 5.88. The normalized spacial score (nSPS) is 16.3. The monoisotopic (exact) mass is 345 g/mol. The number of β-amino-alcohol motifs (C(OH)–C–C–N with tert-alkyl or cyclic N) is 1. The van der Waals surface area contributed by atoms with Crippen LogP contribution >= 0.6 is 0 Å². The number of rotatable bonds is 4. The Kier molecular flexibility index (Phi) is 4.19. The number of hydrogen-bond donors (Lipinski definition) is 2. The molecule has 4 nitrogen and oxygen atoms in total. The number of anilines is 1. The smallest absolute Gasteiger partial charge is 0.328 e. The number of aliphatic hydroxyl groups is 1. The summed E-state index contributed by atoms with van der Waals surface area (Å²) < 4.78 is 0. The summed E-state index contributed by atoms with van der Waals surface area (Å²) in [6.07, 6.45) is 2.16. The second-order valence-corrected chi connectivity index (χ2v) is 6.53. The molecule has 3 aromatic rings. The van der Waals surface area contributed by atoms with Gasteiger partial charge in [-0.3, -0.25) is 0 Å². The highest BCUT2D eigenvalue weighted by Crippen LogP contribution is 2.39. The Morgan fingerprint density at radius 3 is 2.69 bits per heavy atom. The van der Waals surface area contributed by atoms with E-state index < -0.39 is 12.1 Å². The number of nitrogens with zero attached hydrogens (tertiary/aromatic N) is 1. The molecule has 0 spiro atoms. The molecule has 0 amide bonds. The fraction of sp³-hybridized carbons (Fsp3) is 0.136. The van der Waals surface area contributed by atoms with E-state index in [0.29, 0.717) is 13.1 Å². The maximum atomic E-state index is 10.9. The zero-order chi connectivity index (χ0) is 18.1. The first-order valence-corrected chi connectivity index (χ1v) is 8.56. The fourth-order valence-corrected chi connectivity index (χ4v) is 3.61. The molecule has 1 unspecified atom stereocenters. The summed E-state index contributed by atoms with van der Waals surface area (Å²) in [6, 6.07) is 20.2. The van der Waals surface area contributed by atoms with Gasteiger partial charge >= 0.3 is 5.97 Å². The quantitative estimate of drug-likeness (QED) is 0.702. The van der Waals surface area contributed by atoms with Crippen molar-refractivity contribution in [2.45, 2.75) is 12.6 Å². The van der Waals surface area contributed by atoms with Crippen molar-refractivity contribution in [3.8, 4) is 0 Å². The zero-order valence-corrected chi connectivity index (χ0v) is 14.2. The van der Waals surface area contributed by atoms with Gasteiger partial charge in [0.25, 0.3) is 0 Å². The SMILES string of the molecule is O=C(O)C=Cc1cccc2c1N(Cc1ccc3ccccc3c1)CC2O. The lowest BCUT2D eigenvalue weighted by molar-refractivity contribution is -0.131. The number of carboxylic acid groups (broad SMARTS) is 1. The van der Waals surface area contributed by atoms with Crippen molar-refractivity contribution in [3.05, 3.63) is 83.4 Å². The van der Waals surface area contributed by atoms with Crippen LogP contribution in [0.2, 0.25) is 0 Å². The molecule has 0 radical (unpaired) electrons. The van der Waals surface area contributed by atoms with Gasteiger partial charge in [0.05, 0.1) is 11.8 Å². The summed E-state index contributed by atoms with van der Waals surface area (Å²) >= 11 is 0. The van der Waals surface area contributed by atoms with Crippen LogP contribution in [0.3, 0.4) is 0 Å². The molecule has 130 valence electrons. The molecule has 1 aliphatic rings. The number of benzene rings is 3. The Hall–Kier alpha value is -3.11. The summed E-state index contributed by atoms with van der Waals surface area (Å²) in [5, 5.41) is 21.7. The highest BCUT2D eigenvalue weighted by atomic mass is 16.4. The van der Waals surface area contributed by atoms with E-state index in [1.54, 1.807) is 6.08 Å². The minimum atomic E-state index is -0.984. The highest BCUT2D eigenvalue weighted by Gasteiger charge is 2.28. The van der Waals surface area contributed by atoms with Gasteiger partial charge in [-0.2, -0.15) is 0 Å². The van der Waals surface area contributed by atoms with Crippen LogP contribution in [0.15, 0.2) is 66.7 Å². The minimum absolute atomic E-state index is 0.500. The fourth-order valence-electron chi connectivity index (χ4n) is 3.61. The predicted molar refractivity (Wildman–Crippen MR) is 103 cm³/mol. The third kappa shape index (κ3) is 3.07. The van der Waals surface area contributed by atoms with Crippen LogP contribution < -0.4 is 4.90 Å². The van der Waals surface area contributed by atoms with Crippen molar-refractivity contribution in [2.24, 2.45) is 0 Å². The third-order valence-electron chi connectivity index (χ3n) is 4.76. The number of hydrogen-bond acceptors (Lipinski definition) is 3. The van der Waals surface area contributed by atoms with Gasteiger partial charge < -0.3 is 15.1 Å². The molecule has 26 heavy (non-hydrogen) atoms. The molecule has 1 atom stereocenters. The molecule has 0 saturated carbocycles. The number of fused-ring (bicyclic) bond motifs is 2. The molecule has 1 aliphatic heterocycles. The van der Waals surface area contributed by atoms with E-state index >= 15 is 0 Å². The Labute approximate surface area is 151 Å². The molecule has 0 aliphatic carbocycles. The summed E-state index contributed by atoms with van der Waals surface area (Å²) in [5.74, 6) is -0.984. The maximum Gasteiger partial charge on any atom is 0.328 e. The number of aliphatic carboxylic acids is 1. The first-order valence-electron chi connectivity index (χ1n) is 8.56. The van der Waals surface area contributed by atoms with E-state index in [2.05, 4.69) is 35.2 Å². The Bertz CT molecular complexity index is 1010. The topological polar surface area (TPSA) is 60.8 Å². The number of para-hydroxylation sites is 1. The first-order chi connectivity index (χ1) is 12.6. The number of carboxylic acids is 1. The van der Waals surface area contributed by atoms with Gasteiger partial charge in [0.15, 0.2) is 0 Å². The molecular weight excluding hydrogens is 326 g/mol. The molecule has 3 aromatic carbocycles. The van der Waals surface area contributed by atoms with Gasteiger partial charge in [0, 0.05) is 24.7 Å². The summed E-state index contributed by atoms with van der Waals surface area (Å²) in [6.45, 7) is 1.16. The Balaban J connectivity index is 1.69. The molecule has 0 saturated heterocycles. The second kappa shape index (κ2) is 6.65. The lowest BCUT2D eigenvalue weighted by Gasteiger charge is -2.21. The van der Waals surface area contributed by atoms with Crippen LogP contribution in [0, 0.1) is 0 Å². The van der Waals surface area contributed by atoms with Crippen molar-refractivity contribution < 1.29 is 15.0 Å². The van der Waals surface area contributed by atoms with E-state index in [1.165, 1.54) is 10.8 Å². The van der Waals surface area contributed by atoms with Gasteiger partial charge in [-0.25, -0.2) is 4.79 Å². The molecule has 2 N–H and O–H groups in total. The lowest BCUT2D eigenvalue weighted by atomic mass is 10.0. The van der Waals surface area contributed by atoms with E-state index in [9.17, 15) is 9.90 Å². The largest absolute Gasteiger partial charge is 0.478 e. The summed E-state index contributed by atoms with van der Waals surface area (Å²) in [4.78, 5) is 13.0. The van der Waals surface area contributed by atoms with E-state index in [1.807, 2.05) is 30.3 Å². The van der Waals surface area contributed by atoms with Gasteiger partial charge in [0.1, 0.15) is 0 Å². The number of carbonyl (C=O) groups is 1. The molecule has 1 heterocycles. The molecule has 4 heteroatoms. The van der Waals surface area contributed by atoms with Crippen LogP contribution in [-0.4, -0.2) is 22.7 Å². The second-order valence-electron chi connectivity index (χ2n) is 6.53. The van der Waals surface area contributed by atoms with Crippen molar-refractivity contribution in [1.29, 1.82) is 0 Å². The first kappa shape index (κ1) is 16.4. The average molecular weight is 345 g/mol. The molecule has 4 rings (SSSR count). The van der Waals surface area contributed by atoms with Crippen molar-refractivity contribution in [3.63, 3.8) is 0 Å². The van der Waals surface area contributed by atoms with Crippen molar-refractivity contribution >= 4 is 28.5 Å². The summed E-state index contributed by atoms with van der Waals surface area (Å²) in [7, 11) is 0.